The fourth-order valence-corrected chi connectivity index (χ4v) is 1.99. The number of nitrogens with two attached hydrogens (primary N) is 1. The summed E-state index contributed by atoms with van der Waals surface area (Å²) in [5, 5.41) is 5.86. The summed E-state index contributed by atoms with van der Waals surface area (Å²) in [6.45, 7) is 0.243. The maximum absolute atomic E-state index is 11.8. The van der Waals surface area contributed by atoms with E-state index in [1.54, 1.807) is 18.2 Å². The Morgan fingerprint density at radius 3 is 2.68 bits per heavy atom. The minimum Gasteiger partial charge on any atom is -0.495 e. The first kappa shape index (κ1) is 18.5. The lowest BCUT2D eigenvalue weighted by atomic mass is 10.2. The molecule has 0 aromatic heterocycles. The van der Waals surface area contributed by atoms with Crippen LogP contribution in [0.1, 0.15) is 19.3 Å². The summed E-state index contributed by atoms with van der Waals surface area (Å²) in [7, 11) is 1.51. The van der Waals surface area contributed by atoms with E-state index in [1.807, 2.05) is 0 Å². The van der Waals surface area contributed by atoms with Crippen molar-refractivity contribution in [3.05, 3.63) is 23.2 Å². The smallest absolute Gasteiger partial charge is 0.240 e. The van der Waals surface area contributed by atoms with Gasteiger partial charge in [-0.25, -0.2) is 0 Å². The van der Waals surface area contributed by atoms with E-state index in [-0.39, 0.29) is 37.2 Å². The molecule has 0 heterocycles. The topological polar surface area (TPSA) is 93.5 Å². The van der Waals surface area contributed by atoms with Crippen LogP contribution in [0.5, 0.6) is 5.75 Å². The average molecular weight is 348 g/mol. The fraction of sp³-hybridized carbons (Fsp3) is 0.429. The van der Waals surface area contributed by atoms with Crippen LogP contribution < -0.4 is 21.1 Å². The Hall–Kier alpha value is -1.50. The van der Waals surface area contributed by atoms with Crippen LogP contribution in [-0.4, -0.2) is 31.0 Å². The van der Waals surface area contributed by atoms with Crippen LogP contribution in [0.3, 0.4) is 0 Å². The fourth-order valence-electron chi connectivity index (χ4n) is 1.82. The van der Waals surface area contributed by atoms with E-state index >= 15 is 0 Å². The molecule has 1 aromatic rings. The Morgan fingerprint density at radius 2 is 2.09 bits per heavy atom. The van der Waals surface area contributed by atoms with E-state index in [9.17, 15) is 9.59 Å². The van der Waals surface area contributed by atoms with Gasteiger partial charge < -0.3 is 21.1 Å². The van der Waals surface area contributed by atoms with Gasteiger partial charge in [-0.05, 0) is 31.0 Å². The molecule has 0 saturated heterocycles. The van der Waals surface area contributed by atoms with Gasteiger partial charge in [0.25, 0.3) is 0 Å². The van der Waals surface area contributed by atoms with Gasteiger partial charge in [-0.2, -0.15) is 0 Å². The summed E-state index contributed by atoms with van der Waals surface area (Å²) in [5.41, 5.74) is 5.52. The molecule has 1 fully saturated rings. The zero-order valence-corrected chi connectivity index (χ0v) is 13.7. The number of amides is 2. The van der Waals surface area contributed by atoms with Crippen LogP contribution >= 0.6 is 24.0 Å². The molecule has 1 saturated carbocycles. The number of rotatable bonds is 6. The third kappa shape index (κ3) is 4.76. The molecule has 0 atom stereocenters. The monoisotopic (exact) mass is 347 g/mol. The Morgan fingerprint density at radius 1 is 1.41 bits per heavy atom. The summed E-state index contributed by atoms with van der Waals surface area (Å²) >= 11 is 5.88. The second-order valence-electron chi connectivity index (χ2n) is 5.05. The molecular weight excluding hydrogens is 329 g/mol. The average Bonchev–Trinajstić information content (AvgIpc) is 3.18. The number of anilines is 1. The lowest BCUT2D eigenvalue weighted by molar-refractivity contribution is -0.123. The number of hydrogen-bond acceptors (Lipinski definition) is 4. The summed E-state index contributed by atoms with van der Waals surface area (Å²) in [5.74, 6) is 0.0871. The molecule has 8 heteroatoms. The second-order valence-corrected chi connectivity index (χ2v) is 5.49. The van der Waals surface area contributed by atoms with Gasteiger partial charge in [0.05, 0.1) is 18.3 Å². The van der Waals surface area contributed by atoms with Crippen molar-refractivity contribution in [2.45, 2.75) is 24.8 Å². The van der Waals surface area contributed by atoms with Crippen LogP contribution in [0.15, 0.2) is 18.2 Å². The number of methoxy groups -OCH3 is 1. The maximum atomic E-state index is 11.8. The van der Waals surface area contributed by atoms with Crippen molar-refractivity contribution in [3.8, 4) is 5.75 Å². The number of carbonyl (C=O) groups excluding carboxylic acids is 2. The Kier molecular flexibility index (Phi) is 6.47. The molecule has 0 unspecified atom stereocenters. The summed E-state index contributed by atoms with van der Waals surface area (Å²) in [4.78, 5) is 23.5. The third-order valence-electron chi connectivity index (χ3n) is 3.31. The van der Waals surface area contributed by atoms with Crippen LogP contribution in [0, 0.1) is 0 Å². The van der Waals surface area contributed by atoms with E-state index in [2.05, 4.69) is 10.6 Å². The molecule has 0 aliphatic heterocycles. The van der Waals surface area contributed by atoms with Crippen LogP contribution in [-0.2, 0) is 9.59 Å². The molecule has 4 N–H and O–H groups in total. The van der Waals surface area contributed by atoms with Gasteiger partial charge >= 0.3 is 0 Å². The quantitative estimate of drug-likeness (QED) is 0.730. The molecular formula is C14H19Cl2N3O3. The van der Waals surface area contributed by atoms with Crippen molar-refractivity contribution < 1.29 is 14.3 Å². The van der Waals surface area contributed by atoms with Crippen molar-refractivity contribution in [3.63, 3.8) is 0 Å². The number of hydrogen-bond donors (Lipinski definition) is 3. The molecule has 1 aliphatic rings. The molecule has 6 nitrogen and oxygen atoms in total. The molecule has 122 valence electrons. The van der Waals surface area contributed by atoms with Gasteiger partial charge in [-0.15, -0.1) is 12.4 Å². The lowest BCUT2D eigenvalue weighted by Crippen LogP contribution is -2.43. The molecule has 1 aliphatic carbocycles. The molecule has 0 radical (unpaired) electrons. The highest BCUT2D eigenvalue weighted by molar-refractivity contribution is 6.31. The normalized spacial score (nSPS) is 14.5. The summed E-state index contributed by atoms with van der Waals surface area (Å²) in [6.07, 6.45) is 1.55. The first-order chi connectivity index (χ1) is 9.94. The zero-order chi connectivity index (χ0) is 15.5. The van der Waals surface area contributed by atoms with Crippen molar-refractivity contribution in [1.29, 1.82) is 0 Å². The second kappa shape index (κ2) is 7.67. The minimum atomic E-state index is -0.716. The van der Waals surface area contributed by atoms with E-state index in [0.29, 0.717) is 29.3 Å². The highest BCUT2D eigenvalue weighted by Gasteiger charge is 2.45. The Balaban J connectivity index is 0.00000242. The first-order valence-electron chi connectivity index (χ1n) is 6.65. The van der Waals surface area contributed by atoms with Crippen LogP contribution in [0.4, 0.5) is 5.69 Å². The van der Waals surface area contributed by atoms with E-state index < -0.39 is 5.54 Å². The Bertz CT molecular complexity index is 562. The van der Waals surface area contributed by atoms with Gasteiger partial charge in [0.1, 0.15) is 5.75 Å². The van der Waals surface area contributed by atoms with Crippen molar-refractivity contribution in [2.75, 3.05) is 19.0 Å². The predicted molar refractivity (Wildman–Crippen MR) is 87.7 cm³/mol. The van der Waals surface area contributed by atoms with Crippen LogP contribution in [0.2, 0.25) is 5.02 Å². The van der Waals surface area contributed by atoms with Gasteiger partial charge in [-0.3, -0.25) is 9.59 Å². The largest absolute Gasteiger partial charge is 0.495 e. The SMILES string of the molecule is COc1ccc(Cl)cc1NC(=O)CCNC(=O)C1(N)CC1.Cl. The highest BCUT2D eigenvalue weighted by Crippen LogP contribution is 2.32. The molecule has 0 spiro atoms. The standard InChI is InChI=1S/C14H18ClN3O3.ClH/c1-21-11-3-2-9(15)8-10(11)18-12(19)4-7-17-13(20)14(16)5-6-14;/h2-3,8H,4-7,16H2,1H3,(H,17,20)(H,18,19);1H. The van der Waals surface area contributed by atoms with Crippen molar-refractivity contribution in [1.82, 2.24) is 5.32 Å². The predicted octanol–water partition coefficient (Wildman–Crippen LogP) is 1.71. The van der Waals surface area contributed by atoms with Gasteiger partial charge in [0.15, 0.2) is 0 Å². The van der Waals surface area contributed by atoms with Gasteiger partial charge in [-0.1, -0.05) is 11.6 Å². The molecule has 2 rings (SSSR count). The molecule has 22 heavy (non-hydrogen) atoms. The first-order valence-corrected chi connectivity index (χ1v) is 7.03. The molecule has 2 amide bonds. The highest BCUT2D eigenvalue weighted by atomic mass is 35.5. The molecule has 0 bridgehead atoms. The lowest BCUT2D eigenvalue weighted by Gasteiger charge is -2.12. The third-order valence-corrected chi connectivity index (χ3v) is 3.55. The summed E-state index contributed by atoms with van der Waals surface area (Å²) < 4.78 is 5.14. The van der Waals surface area contributed by atoms with Crippen molar-refractivity contribution in [2.24, 2.45) is 5.73 Å². The van der Waals surface area contributed by atoms with Gasteiger partial charge in [0.2, 0.25) is 11.8 Å². The summed E-state index contributed by atoms with van der Waals surface area (Å²) in [6, 6.07) is 4.95. The van der Waals surface area contributed by atoms with Crippen LogP contribution in [0.25, 0.3) is 0 Å². The van der Waals surface area contributed by atoms with E-state index in [0.717, 1.165) is 0 Å². The Labute approximate surface area is 140 Å². The maximum Gasteiger partial charge on any atom is 0.240 e. The zero-order valence-electron chi connectivity index (χ0n) is 12.1. The molecule has 1 aromatic carbocycles. The number of ether oxygens (including phenoxy) is 1. The van der Waals surface area contributed by atoms with E-state index in [4.69, 9.17) is 22.1 Å². The van der Waals surface area contributed by atoms with E-state index in [1.165, 1.54) is 7.11 Å². The number of benzene rings is 1. The van der Waals surface area contributed by atoms with Crippen molar-refractivity contribution >= 4 is 41.5 Å². The number of carbonyl (C=O) groups is 2. The van der Waals surface area contributed by atoms with Gasteiger partial charge in [0, 0.05) is 18.0 Å². The number of halogens is 2. The number of nitrogens with one attached hydrogen (secondary N) is 2. The minimum absolute atomic E-state index is 0.